The molecule has 100 valence electrons. The molecule has 1 amide bonds. The summed E-state index contributed by atoms with van der Waals surface area (Å²) in [6.45, 7) is 6.63. The molecule has 0 heterocycles. The highest BCUT2D eigenvalue weighted by Crippen LogP contribution is 2.25. The van der Waals surface area contributed by atoms with Crippen LogP contribution in [0, 0.1) is 0 Å². The van der Waals surface area contributed by atoms with Gasteiger partial charge in [0.25, 0.3) is 0 Å². The zero-order valence-electron chi connectivity index (χ0n) is 12.0. The van der Waals surface area contributed by atoms with E-state index in [-0.39, 0.29) is 5.91 Å². The number of benzene rings is 1. The van der Waals surface area contributed by atoms with Gasteiger partial charge in [0.2, 0.25) is 5.91 Å². The summed E-state index contributed by atoms with van der Waals surface area (Å²) in [6, 6.07) is 6.33. The van der Waals surface area contributed by atoms with Crippen molar-refractivity contribution >= 4 is 5.91 Å². The van der Waals surface area contributed by atoms with Crippen LogP contribution in [0.25, 0.3) is 0 Å². The lowest BCUT2D eigenvalue weighted by atomic mass is 10.00. The number of hydrogen-bond donors (Lipinski definition) is 0. The number of amides is 1. The van der Waals surface area contributed by atoms with E-state index in [0.29, 0.717) is 12.5 Å². The van der Waals surface area contributed by atoms with Crippen LogP contribution in [0.5, 0.6) is 5.75 Å². The topological polar surface area (TPSA) is 29.5 Å². The van der Waals surface area contributed by atoms with Gasteiger partial charge in [0, 0.05) is 20.5 Å². The maximum absolute atomic E-state index is 11.2. The van der Waals surface area contributed by atoms with Gasteiger partial charge in [0.15, 0.2) is 0 Å². The van der Waals surface area contributed by atoms with Crippen LogP contribution in [0.2, 0.25) is 0 Å². The van der Waals surface area contributed by atoms with Crippen molar-refractivity contribution in [3.8, 4) is 5.75 Å². The lowest BCUT2D eigenvalue weighted by Gasteiger charge is -2.17. The summed E-state index contributed by atoms with van der Waals surface area (Å²) < 4.78 is 5.43. The second kappa shape index (κ2) is 6.43. The Morgan fingerprint density at radius 1 is 1.39 bits per heavy atom. The van der Waals surface area contributed by atoms with Gasteiger partial charge in [-0.25, -0.2) is 0 Å². The van der Waals surface area contributed by atoms with Gasteiger partial charge in [0.1, 0.15) is 5.75 Å². The number of hydrogen-bond acceptors (Lipinski definition) is 2. The van der Waals surface area contributed by atoms with Crippen molar-refractivity contribution in [2.75, 3.05) is 20.7 Å². The third-order valence-corrected chi connectivity index (χ3v) is 3.23. The van der Waals surface area contributed by atoms with Gasteiger partial charge in [-0.05, 0) is 29.5 Å². The normalized spacial score (nSPS) is 10.6. The Balaban J connectivity index is 2.80. The van der Waals surface area contributed by atoms with Crippen molar-refractivity contribution in [1.29, 1.82) is 0 Å². The van der Waals surface area contributed by atoms with E-state index in [1.807, 2.05) is 7.05 Å². The van der Waals surface area contributed by atoms with E-state index in [2.05, 4.69) is 32.0 Å². The van der Waals surface area contributed by atoms with Gasteiger partial charge in [-0.3, -0.25) is 4.79 Å². The molecule has 0 fully saturated rings. The van der Waals surface area contributed by atoms with Gasteiger partial charge < -0.3 is 9.64 Å². The Hall–Kier alpha value is -1.51. The molecule has 0 radical (unpaired) electrons. The molecular formula is C15H23NO2. The highest BCUT2D eigenvalue weighted by Gasteiger charge is 2.09. The third-order valence-electron chi connectivity index (χ3n) is 3.23. The van der Waals surface area contributed by atoms with Crippen LogP contribution < -0.4 is 4.74 Å². The van der Waals surface area contributed by atoms with Crippen LogP contribution in [0.1, 0.15) is 37.8 Å². The quantitative estimate of drug-likeness (QED) is 0.803. The zero-order valence-corrected chi connectivity index (χ0v) is 12.0. The summed E-state index contributed by atoms with van der Waals surface area (Å²) in [6.07, 6.45) is 0.817. The first kappa shape index (κ1) is 14.6. The number of carbonyl (C=O) groups excluding carboxylic acids is 1. The van der Waals surface area contributed by atoms with Crippen molar-refractivity contribution in [3.63, 3.8) is 0 Å². The smallest absolute Gasteiger partial charge is 0.219 e. The van der Waals surface area contributed by atoms with Gasteiger partial charge >= 0.3 is 0 Å². The lowest BCUT2D eigenvalue weighted by molar-refractivity contribution is -0.127. The number of methoxy groups -OCH3 is 1. The molecule has 0 atom stereocenters. The SMILES string of the molecule is COc1cc(C(C)C)ccc1CCN(C)C(C)=O. The first-order valence-electron chi connectivity index (χ1n) is 6.34. The molecule has 0 N–H and O–H groups in total. The Morgan fingerprint density at radius 2 is 2.06 bits per heavy atom. The van der Waals surface area contributed by atoms with Gasteiger partial charge in [-0.15, -0.1) is 0 Å². The molecule has 1 aromatic carbocycles. The zero-order chi connectivity index (χ0) is 13.7. The average Bonchev–Trinajstić information content (AvgIpc) is 2.35. The minimum absolute atomic E-state index is 0.0905. The van der Waals surface area contributed by atoms with Crippen LogP contribution in [0.4, 0.5) is 0 Å². The Bertz CT molecular complexity index is 413. The highest BCUT2D eigenvalue weighted by molar-refractivity contribution is 5.72. The molecule has 0 saturated carbocycles. The van der Waals surface area contributed by atoms with Crippen molar-refractivity contribution in [3.05, 3.63) is 29.3 Å². The van der Waals surface area contributed by atoms with Crippen molar-refractivity contribution < 1.29 is 9.53 Å². The average molecular weight is 249 g/mol. The summed E-state index contributed by atoms with van der Waals surface area (Å²) in [5, 5.41) is 0. The number of carbonyl (C=O) groups is 1. The van der Waals surface area contributed by atoms with E-state index in [0.717, 1.165) is 17.7 Å². The molecule has 18 heavy (non-hydrogen) atoms. The molecule has 0 aliphatic heterocycles. The molecule has 1 rings (SSSR count). The number of rotatable bonds is 5. The Kier molecular flexibility index (Phi) is 5.20. The fraction of sp³-hybridized carbons (Fsp3) is 0.533. The minimum atomic E-state index is 0.0905. The van der Waals surface area contributed by atoms with Crippen molar-refractivity contribution in [2.24, 2.45) is 0 Å². The Labute approximate surface area is 110 Å². The van der Waals surface area contributed by atoms with Gasteiger partial charge in [-0.2, -0.15) is 0 Å². The number of likely N-dealkylation sites (N-methyl/N-ethyl adjacent to an activating group) is 1. The molecule has 0 unspecified atom stereocenters. The fourth-order valence-electron chi connectivity index (χ4n) is 1.77. The summed E-state index contributed by atoms with van der Waals surface area (Å²) in [5.74, 6) is 1.50. The van der Waals surface area contributed by atoms with Crippen molar-refractivity contribution in [2.45, 2.75) is 33.1 Å². The van der Waals surface area contributed by atoms with Crippen LogP contribution >= 0.6 is 0 Å². The molecule has 3 nitrogen and oxygen atoms in total. The number of nitrogens with zero attached hydrogens (tertiary/aromatic N) is 1. The van der Waals surface area contributed by atoms with Crippen LogP contribution in [-0.4, -0.2) is 31.5 Å². The number of ether oxygens (including phenoxy) is 1. The molecule has 1 aromatic rings. The first-order valence-corrected chi connectivity index (χ1v) is 6.34. The van der Waals surface area contributed by atoms with Crippen LogP contribution in [-0.2, 0) is 11.2 Å². The van der Waals surface area contributed by atoms with E-state index in [1.54, 1.807) is 18.9 Å². The fourth-order valence-corrected chi connectivity index (χ4v) is 1.77. The molecule has 0 bridgehead atoms. The van der Waals surface area contributed by atoms with E-state index in [1.165, 1.54) is 5.56 Å². The van der Waals surface area contributed by atoms with E-state index in [9.17, 15) is 4.79 Å². The molecule has 0 aliphatic rings. The van der Waals surface area contributed by atoms with Crippen molar-refractivity contribution in [1.82, 2.24) is 4.90 Å². The highest BCUT2D eigenvalue weighted by atomic mass is 16.5. The predicted octanol–water partition coefficient (Wildman–Crippen LogP) is 2.84. The predicted molar refractivity (Wildman–Crippen MR) is 74.1 cm³/mol. The molecular weight excluding hydrogens is 226 g/mol. The van der Waals surface area contributed by atoms with Gasteiger partial charge in [0.05, 0.1) is 7.11 Å². The second-order valence-corrected chi connectivity index (χ2v) is 4.92. The first-order chi connectivity index (χ1) is 8.45. The summed E-state index contributed by atoms with van der Waals surface area (Å²) >= 11 is 0. The van der Waals surface area contributed by atoms with Crippen LogP contribution in [0.3, 0.4) is 0 Å². The second-order valence-electron chi connectivity index (χ2n) is 4.92. The molecule has 3 heteroatoms. The maximum atomic E-state index is 11.2. The largest absolute Gasteiger partial charge is 0.496 e. The van der Waals surface area contributed by atoms with E-state index < -0.39 is 0 Å². The van der Waals surface area contributed by atoms with E-state index >= 15 is 0 Å². The standard InChI is InChI=1S/C15H23NO2/c1-11(2)14-7-6-13(15(10-14)18-5)8-9-16(4)12(3)17/h6-7,10-11H,8-9H2,1-5H3. The summed E-state index contributed by atoms with van der Waals surface area (Å²) in [7, 11) is 3.51. The lowest BCUT2D eigenvalue weighted by Crippen LogP contribution is -2.26. The maximum Gasteiger partial charge on any atom is 0.219 e. The minimum Gasteiger partial charge on any atom is -0.496 e. The monoisotopic (exact) mass is 249 g/mol. The molecule has 0 aliphatic carbocycles. The summed E-state index contributed by atoms with van der Waals surface area (Å²) in [4.78, 5) is 12.9. The third kappa shape index (κ3) is 3.76. The van der Waals surface area contributed by atoms with E-state index in [4.69, 9.17) is 4.74 Å². The molecule has 0 aromatic heterocycles. The van der Waals surface area contributed by atoms with Gasteiger partial charge in [-0.1, -0.05) is 26.0 Å². The molecule has 0 spiro atoms. The summed E-state index contributed by atoms with van der Waals surface area (Å²) in [5.41, 5.74) is 2.42. The Morgan fingerprint density at radius 3 is 2.56 bits per heavy atom. The molecule has 0 saturated heterocycles. The van der Waals surface area contributed by atoms with Crippen LogP contribution in [0.15, 0.2) is 18.2 Å².